The summed E-state index contributed by atoms with van der Waals surface area (Å²) in [5, 5.41) is 9.99. The molecule has 2 aliphatic rings. The summed E-state index contributed by atoms with van der Waals surface area (Å²) in [6, 6.07) is 14.3. The Labute approximate surface area is 202 Å². The lowest BCUT2D eigenvalue weighted by molar-refractivity contribution is -0.130. The van der Waals surface area contributed by atoms with Crippen LogP contribution in [-0.4, -0.2) is 53.9 Å². The van der Waals surface area contributed by atoms with Gasteiger partial charge in [0, 0.05) is 43.4 Å². The molecule has 8 heteroatoms. The Morgan fingerprint density at radius 1 is 1.24 bits per heavy atom. The summed E-state index contributed by atoms with van der Waals surface area (Å²) >= 11 is 12.5. The average Bonchev–Trinajstić information content (AvgIpc) is 3.25. The molecular weight excluding hydrogens is 461 g/mol. The van der Waals surface area contributed by atoms with Crippen LogP contribution in [0, 0.1) is 11.3 Å². The monoisotopic (exact) mass is 483 g/mol. The minimum absolute atomic E-state index is 0.0630. The van der Waals surface area contributed by atoms with Crippen molar-refractivity contribution in [1.29, 1.82) is 5.26 Å². The van der Waals surface area contributed by atoms with Crippen LogP contribution in [0.2, 0.25) is 10.0 Å². The molecule has 0 spiro atoms. The molecule has 0 aliphatic carbocycles. The van der Waals surface area contributed by atoms with Crippen molar-refractivity contribution in [1.82, 2.24) is 9.80 Å². The zero-order valence-corrected chi connectivity index (χ0v) is 20.1. The van der Waals surface area contributed by atoms with Gasteiger partial charge < -0.3 is 14.5 Å². The predicted molar refractivity (Wildman–Crippen MR) is 127 cm³/mol. The van der Waals surface area contributed by atoms with Gasteiger partial charge in [0.2, 0.25) is 5.91 Å². The molecule has 2 aromatic carbocycles. The molecule has 4 rings (SSSR count). The highest BCUT2D eigenvalue weighted by atomic mass is 35.5. The molecule has 2 aromatic rings. The number of hydrogen-bond acceptors (Lipinski definition) is 4. The van der Waals surface area contributed by atoms with Crippen molar-refractivity contribution in [2.75, 3.05) is 20.7 Å². The molecule has 2 amide bonds. The van der Waals surface area contributed by atoms with Crippen molar-refractivity contribution in [2.45, 2.75) is 31.3 Å². The number of nitriles is 1. The van der Waals surface area contributed by atoms with E-state index in [-0.39, 0.29) is 17.9 Å². The first-order chi connectivity index (χ1) is 15.7. The van der Waals surface area contributed by atoms with Crippen molar-refractivity contribution < 1.29 is 14.3 Å². The Bertz CT molecular complexity index is 1180. The number of nitrogens with zero attached hydrogens (tertiary/aromatic N) is 3. The molecule has 0 radical (unpaired) electrons. The Balaban J connectivity index is 1.86. The number of rotatable bonds is 5. The minimum Gasteiger partial charge on any atom is -0.498 e. The molecule has 33 heavy (non-hydrogen) atoms. The number of halogens is 2. The zero-order valence-electron chi connectivity index (χ0n) is 18.6. The van der Waals surface area contributed by atoms with E-state index in [1.54, 1.807) is 54.3 Å². The summed E-state index contributed by atoms with van der Waals surface area (Å²) in [6.45, 7) is 1.90. The fraction of sp³-hybridized carbons (Fsp3) is 0.320. The Kier molecular flexibility index (Phi) is 6.13. The van der Waals surface area contributed by atoms with E-state index in [2.05, 4.69) is 6.07 Å². The normalized spacial score (nSPS) is 21.8. The summed E-state index contributed by atoms with van der Waals surface area (Å²) in [5.74, 6) is 0.292. The van der Waals surface area contributed by atoms with Gasteiger partial charge in [0.25, 0.3) is 5.91 Å². The molecule has 2 atom stereocenters. The summed E-state index contributed by atoms with van der Waals surface area (Å²) < 4.78 is 5.93. The zero-order chi connectivity index (χ0) is 23.9. The molecule has 0 N–H and O–H groups in total. The topological polar surface area (TPSA) is 73.6 Å². The van der Waals surface area contributed by atoms with E-state index < -0.39 is 5.54 Å². The van der Waals surface area contributed by atoms with E-state index in [9.17, 15) is 9.59 Å². The summed E-state index contributed by atoms with van der Waals surface area (Å²) in [5.41, 5.74) is 1.77. The number of ether oxygens (including phenoxy) is 1. The number of hydrogen-bond donors (Lipinski definition) is 0. The summed E-state index contributed by atoms with van der Waals surface area (Å²) in [7, 11) is 3.31. The first kappa shape index (κ1) is 23.2. The fourth-order valence-electron chi connectivity index (χ4n) is 4.95. The van der Waals surface area contributed by atoms with E-state index in [1.165, 1.54) is 6.92 Å². The lowest BCUT2D eigenvalue weighted by Gasteiger charge is -2.34. The number of benzene rings is 2. The molecule has 0 bridgehead atoms. The van der Waals surface area contributed by atoms with Gasteiger partial charge in [0.05, 0.1) is 30.4 Å². The summed E-state index contributed by atoms with van der Waals surface area (Å²) in [6.07, 6.45) is 1.00. The highest BCUT2D eigenvalue weighted by Crippen LogP contribution is 2.50. The standard InChI is InChI=1S/C25H23Cl2N3O3/c1-15(31)29(2)21-12-25(11-16-4-6-17(13-28)7-5-16)23(33-3)22(24(32)30(25)14-21)18-8-19(26)10-20(27)9-18/h4-10,21H,11-12,14H2,1-3H3/t21-,25-/m0/s1. The third kappa shape index (κ3) is 3.96. The van der Waals surface area contributed by atoms with E-state index >= 15 is 0 Å². The number of methoxy groups -OCH3 is 1. The van der Waals surface area contributed by atoms with Crippen LogP contribution in [0.3, 0.4) is 0 Å². The SMILES string of the molecule is COC1=C(c2cc(Cl)cc(Cl)c2)C(=O)N2C[C@@H](N(C)C(C)=O)C[C@@]12Cc1ccc(C#N)cc1. The second kappa shape index (κ2) is 8.74. The van der Waals surface area contributed by atoms with E-state index in [1.807, 2.05) is 12.1 Å². The molecule has 2 aliphatic heterocycles. The van der Waals surface area contributed by atoms with Gasteiger partial charge in [0.15, 0.2) is 0 Å². The Hall–Kier alpha value is -3.01. The third-order valence-corrected chi connectivity index (χ3v) is 7.01. The minimum atomic E-state index is -0.779. The van der Waals surface area contributed by atoms with Gasteiger partial charge in [-0.25, -0.2) is 0 Å². The van der Waals surface area contributed by atoms with Gasteiger partial charge in [0.1, 0.15) is 11.3 Å². The van der Waals surface area contributed by atoms with Gasteiger partial charge in [-0.15, -0.1) is 0 Å². The van der Waals surface area contributed by atoms with Crippen LogP contribution in [0.15, 0.2) is 48.2 Å². The number of carbonyl (C=O) groups excluding carboxylic acids is 2. The van der Waals surface area contributed by atoms with Crippen LogP contribution in [0.25, 0.3) is 5.57 Å². The number of carbonyl (C=O) groups is 2. The maximum absolute atomic E-state index is 13.8. The van der Waals surface area contributed by atoms with Crippen molar-refractivity contribution in [2.24, 2.45) is 0 Å². The Morgan fingerprint density at radius 3 is 2.42 bits per heavy atom. The molecular formula is C25H23Cl2N3O3. The second-order valence-corrected chi connectivity index (χ2v) is 9.36. The van der Waals surface area contributed by atoms with Crippen LogP contribution >= 0.6 is 23.2 Å². The lowest BCUT2D eigenvalue weighted by Crippen LogP contribution is -2.45. The number of amides is 2. The van der Waals surface area contributed by atoms with Crippen LogP contribution in [0.1, 0.15) is 30.0 Å². The van der Waals surface area contributed by atoms with Crippen molar-refractivity contribution >= 4 is 40.6 Å². The predicted octanol–water partition coefficient (Wildman–Crippen LogP) is 4.30. The first-order valence-electron chi connectivity index (χ1n) is 10.5. The molecule has 6 nitrogen and oxygen atoms in total. The van der Waals surface area contributed by atoms with Crippen molar-refractivity contribution in [3.63, 3.8) is 0 Å². The molecule has 1 saturated heterocycles. The van der Waals surface area contributed by atoms with Crippen LogP contribution in [0.5, 0.6) is 0 Å². The number of likely N-dealkylation sites (N-methyl/N-ethyl adjacent to an activating group) is 1. The van der Waals surface area contributed by atoms with E-state index in [0.717, 1.165) is 5.56 Å². The van der Waals surface area contributed by atoms with Crippen LogP contribution < -0.4 is 0 Å². The number of fused-ring (bicyclic) bond motifs is 1. The average molecular weight is 484 g/mol. The fourth-order valence-corrected chi connectivity index (χ4v) is 5.48. The van der Waals surface area contributed by atoms with Gasteiger partial charge in [-0.3, -0.25) is 9.59 Å². The maximum atomic E-state index is 13.8. The highest BCUT2D eigenvalue weighted by molar-refractivity contribution is 6.35. The van der Waals surface area contributed by atoms with Crippen molar-refractivity contribution in [3.8, 4) is 6.07 Å². The summed E-state index contributed by atoms with van der Waals surface area (Å²) in [4.78, 5) is 29.3. The third-order valence-electron chi connectivity index (χ3n) is 6.57. The molecule has 170 valence electrons. The molecule has 0 saturated carbocycles. The quantitative estimate of drug-likeness (QED) is 0.635. The van der Waals surface area contributed by atoms with Crippen LogP contribution in [-0.2, 0) is 20.7 Å². The van der Waals surface area contributed by atoms with E-state index in [4.69, 9.17) is 33.2 Å². The Morgan fingerprint density at radius 2 is 1.88 bits per heavy atom. The van der Waals surface area contributed by atoms with Crippen molar-refractivity contribution in [3.05, 3.63) is 75.0 Å². The maximum Gasteiger partial charge on any atom is 0.258 e. The largest absolute Gasteiger partial charge is 0.498 e. The smallest absolute Gasteiger partial charge is 0.258 e. The molecule has 0 unspecified atom stereocenters. The van der Waals surface area contributed by atoms with Gasteiger partial charge in [-0.2, -0.15) is 5.26 Å². The molecule has 0 aromatic heterocycles. The molecule has 2 heterocycles. The molecule has 1 fully saturated rings. The second-order valence-electron chi connectivity index (χ2n) is 8.49. The van der Waals surface area contributed by atoms with Gasteiger partial charge >= 0.3 is 0 Å². The highest BCUT2D eigenvalue weighted by Gasteiger charge is 2.59. The van der Waals surface area contributed by atoms with E-state index in [0.29, 0.717) is 51.9 Å². The lowest BCUT2D eigenvalue weighted by atomic mass is 9.84. The first-order valence-corrected chi connectivity index (χ1v) is 11.3. The van der Waals surface area contributed by atoms with Gasteiger partial charge in [-0.05, 0) is 41.5 Å². The van der Waals surface area contributed by atoms with Gasteiger partial charge in [-0.1, -0.05) is 35.3 Å². The van der Waals surface area contributed by atoms with Crippen LogP contribution in [0.4, 0.5) is 0 Å².